The molecule has 0 aliphatic carbocycles. The smallest absolute Gasteiger partial charge is 0.136 e. The number of hydrogen-bond donors (Lipinski definition) is 0. The SMILES string of the molecule is O=C1C[C@H]2CCC[C@@H](C1)N2CCc1ccc(Cl)cc1. The topological polar surface area (TPSA) is 20.3 Å². The van der Waals surface area contributed by atoms with E-state index in [4.69, 9.17) is 11.6 Å². The molecule has 2 bridgehead atoms. The van der Waals surface area contributed by atoms with E-state index in [2.05, 4.69) is 17.0 Å². The van der Waals surface area contributed by atoms with Gasteiger partial charge in [-0.3, -0.25) is 9.69 Å². The molecule has 0 N–H and O–H groups in total. The average Bonchev–Trinajstić information content (AvgIpc) is 2.38. The highest BCUT2D eigenvalue weighted by Crippen LogP contribution is 2.32. The molecule has 19 heavy (non-hydrogen) atoms. The lowest BCUT2D eigenvalue weighted by atomic mass is 9.83. The van der Waals surface area contributed by atoms with Crippen molar-refractivity contribution in [2.75, 3.05) is 6.54 Å². The predicted octanol–water partition coefficient (Wildman–Crippen LogP) is 3.47. The Balaban J connectivity index is 1.63. The van der Waals surface area contributed by atoms with Gasteiger partial charge in [-0.15, -0.1) is 0 Å². The van der Waals surface area contributed by atoms with Crippen molar-refractivity contribution in [1.29, 1.82) is 0 Å². The summed E-state index contributed by atoms with van der Waals surface area (Å²) in [4.78, 5) is 14.3. The molecule has 2 heterocycles. The van der Waals surface area contributed by atoms with Gasteiger partial charge in [-0.1, -0.05) is 30.2 Å². The normalized spacial score (nSPS) is 27.5. The summed E-state index contributed by atoms with van der Waals surface area (Å²) in [5, 5.41) is 0.796. The number of benzene rings is 1. The third kappa shape index (κ3) is 3.01. The van der Waals surface area contributed by atoms with Crippen LogP contribution < -0.4 is 0 Å². The second kappa shape index (κ2) is 5.64. The Hall–Kier alpha value is -0.860. The molecule has 0 amide bonds. The first kappa shape index (κ1) is 13.1. The molecule has 2 nitrogen and oxygen atoms in total. The fourth-order valence-electron chi connectivity index (χ4n) is 3.54. The summed E-state index contributed by atoms with van der Waals surface area (Å²) >= 11 is 5.91. The molecule has 0 saturated carbocycles. The first-order valence-electron chi connectivity index (χ1n) is 7.24. The van der Waals surface area contributed by atoms with Crippen LogP contribution in [0.2, 0.25) is 5.02 Å². The minimum atomic E-state index is 0.470. The molecular formula is C16H20ClNO. The fraction of sp³-hybridized carbons (Fsp3) is 0.562. The zero-order valence-electron chi connectivity index (χ0n) is 11.1. The summed E-state index contributed by atoms with van der Waals surface area (Å²) in [6, 6.07) is 9.13. The third-order valence-corrected chi connectivity index (χ3v) is 4.76. The molecule has 0 spiro atoms. The van der Waals surface area contributed by atoms with Crippen molar-refractivity contribution in [2.24, 2.45) is 0 Å². The molecule has 0 aromatic heterocycles. The van der Waals surface area contributed by atoms with Gasteiger partial charge < -0.3 is 0 Å². The van der Waals surface area contributed by atoms with Gasteiger partial charge >= 0.3 is 0 Å². The van der Waals surface area contributed by atoms with Crippen LogP contribution in [0.1, 0.15) is 37.7 Å². The zero-order valence-corrected chi connectivity index (χ0v) is 11.9. The summed E-state index contributed by atoms with van der Waals surface area (Å²) in [6.45, 7) is 1.07. The van der Waals surface area contributed by atoms with E-state index in [0.717, 1.165) is 30.8 Å². The van der Waals surface area contributed by atoms with Crippen LogP contribution in [0.3, 0.4) is 0 Å². The molecule has 2 fully saturated rings. The molecule has 2 saturated heterocycles. The van der Waals surface area contributed by atoms with Gasteiger partial charge in [0.2, 0.25) is 0 Å². The van der Waals surface area contributed by atoms with E-state index in [-0.39, 0.29) is 0 Å². The molecular weight excluding hydrogens is 258 g/mol. The van der Waals surface area contributed by atoms with Crippen molar-refractivity contribution in [3.8, 4) is 0 Å². The first-order valence-corrected chi connectivity index (χ1v) is 7.62. The van der Waals surface area contributed by atoms with Gasteiger partial charge in [-0.25, -0.2) is 0 Å². The lowest BCUT2D eigenvalue weighted by Crippen LogP contribution is -2.52. The summed E-state index contributed by atoms with van der Waals surface area (Å²) in [7, 11) is 0. The van der Waals surface area contributed by atoms with E-state index in [9.17, 15) is 4.79 Å². The maximum Gasteiger partial charge on any atom is 0.136 e. The monoisotopic (exact) mass is 277 g/mol. The standard InChI is InChI=1S/C16H20ClNO/c17-13-6-4-12(5-7-13)8-9-18-14-2-1-3-15(18)11-16(19)10-14/h4-7,14-15H,1-3,8-11H2/t14-,15+. The Kier molecular flexibility index (Phi) is 3.90. The van der Waals surface area contributed by atoms with Crippen LogP contribution in [0.25, 0.3) is 0 Å². The van der Waals surface area contributed by atoms with Gasteiger partial charge in [-0.05, 0) is 37.0 Å². The van der Waals surface area contributed by atoms with Crippen molar-refractivity contribution >= 4 is 17.4 Å². The summed E-state index contributed by atoms with van der Waals surface area (Å²) < 4.78 is 0. The number of rotatable bonds is 3. The number of Topliss-reactive ketones (excluding diaryl/α,β-unsaturated/α-hetero) is 1. The van der Waals surface area contributed by atoms with Crippen LogP contribution in [0, 0.1) is 0 Å². The molecule has 2 aliphatic rings. The largest absolute Gasteiger partial charge is 0.300 e. The number of carbonyl (C=O) groups is 1. The maximum absolute atomic E-state index is 11.7. The van der Waals surface area contributed by atoms with Crippen molar-refractivity contribution in [3.05, 3.63) is 34.9 Å². The maximum atomic E-state index is 11.7. The second-order valence-corrected chi connectivity index (χ2v) is 6.24. The number of hydrogen-bond acceptors (Lipinski definition) is 2. The van der Waals surface area contributed by atoms with Gasteiger partial charge in [0.1, 0.15) is 5.78 Å². The van der Waals surface area contributed by atoms with Gasteiger partial charge in [0.25, 0.3) is 0 Å². The number of halogens is 1. The lowest BCUT2D eigenvalue weighted by Gasteiger charge is -2.45. The molecule has 3 rings (SSSR count). The second-order valence-electron chi connectivity index (χ2n) is 5.80. The zero-order chi connectivity index (χ0) is 13.2. The molecule has 2 atom stereocenters. The molecule has 2 aliphatic heterocycles. The molecule has 102 valence electrons. The van der Waals surface area contributed by atoms with E-state index in [1.165, 1.54) is 24.8 Å². The van der Waals surface area contributed by atoms with Crippen LogP contribution in [0.5, 0.6) is 0 Å². The minimum absolute atomic E-state index is 0.470. The number of ketones is 1. The van der Waals surface area contributed by atoms with Crippen LogP contribution in [0.15, 0.2) is 24.3 Å². The lowest BCUT2D eigenvalue weighted by molar-refractivity contribution is -0.127. The van der Waals surface area contributed by atoms with Crippen molar-refractivity contribution in [3.63, 3.8) is 0 Å². The van der Waals surface area contributed by atoms with Gasteiger partial charge in [-0.2, -0.15) is 0 Å². The van der Waals surface area contributed by atoms with E-state index >= 15 is 0 Å². The number of fused-ring (bicyclic) bond motifs is 2. The highest BCUT2D eigenvalue weighted by Gasteiger charge is 2.36. The fourth-order valence-corrected chi connectivity index (χ4v) is 3.67. The van der Waals surface area contributed by atoms with Crippen molar-refractivity contribution in [2.45, 2.75) is 50.6 Å². The van der Waals surface area contributed by atoms with Gasteiger partial charge in [0, 0.05) is 36.5 Å². The average molecular weight is 278 g/mol. The Morgan fingerprint density at radius 3 is 2.37 bits per heavy atom. The van der Waals surface area contributed by atoms with Crippen molar-refractivity contribution in [1.82, 2.24) is 4.90 Å². The molecule has 0 unspecified atom stereocenters. The summed E-state index contributed by atoms with van der Waals surface area (Å²) in [6.07, 6.45) is 6.29. The van der Waals surface area contributed by atoms with Gasteiger partial charge in [0.05, 0.1) is 0 Å². The Morgan fingerprint density at radius 2 is 1.74 bits per heavy atom. The highest BCUT2D eigenvalue weighted by molar-refractivity contribution is 6.30. The van der Waals surface area contributed by atoms with Gasteiger partial charge in [0.15, 0.2) is 0 Å². The van der Waals surface area contributed by atoms with E-state index in [0.29, 0.717) is 17.9 Å². The van der Waals surface area contributed by atoms with E-state index in [1.54, 1.807) is 0 Å². The van der Waals surface area contributed by atoms with Crippen LogP contribution in [-0.2, 0) is 11.2 Å². The number of piperidine rings is 2. The predicted molar refractivity (Wildman–Crippen MR) is 77.5 cm³/mol. The molecule has 1 aromatic carbocycles. The number of nitrogens with zero attached hydrogens (tertiary/aromatic N) is 1. The van der Waals surface area contributed by atoms with Crippen LogP contribution in [0.4, 0.5) is 0 Å². The van der Waals surface area contributed by atoms with E-state index in [1.807, 2.05) is 12.1 Å². The Morgan fingerprint density at radius 1 is 1.11 bits per heavy atom. The minimum Gasteiger partial charge on any atom is -0.300 e. The molecule has 1 aromatic rings. The van der Waals surface area contributed by atoms with Crippen molar-refractivity contribution < 1.29 is 4.79 Å². The highest BCUT2D eigenvalue weighted by atomic mass is 35.5. The first-order chi connectivity index (χ1) is 9.22. The molecule has 0 radical (unpaired) electrons. The number of carbonyl (C=O) groups excluding carboxylic acids is 1. The molecule has 3 heteroatoms. The van der Waals surface area contributed by atoms with E-state index < -0.39 is 0 Å². The van der Waals surface area contributed by atoms with Crippen LogP contribution >= 0.6 is 11.6 Å². The van der Waals surface area contributed by atoms with Crippen LogP contribution in [-0.4, -0.2) is 29.3 Å². The quantitative estimate of drug-likeness (QED) is 0.843. The summed E-state index contributed by atoms with van der Waals surface area (Å²) in [5.41, 5.74) is 1.33. The third-order valence-electron chi connectivity index (χ3n) is 4.51. The Labute approximate surface area is 119 Å². The summed E-state index contributed by atoms with van der Waals surface area (Å²) in [5.74, 6) is 0.470. The Bertz CT molecular complexity index is 440.